The van der Waals surface area contributed by atoms with Gasteiger partial charge in [-0.05, 0) is 12.1 Å². The van der Waals surface area contributed by atoms with Crippen molar-refractivity contribution in [2.24, 2.45) is 0 Å². The number of fused-ring (bicyclic) bond motifs is 1. The summed E-state index contributed by atoms with van der Waals surface area (Å²) in [6.07, 6.45) is -0.319. The molecule has 0 spiro atoms. The molecule has 0 bridgehead atoms. The molecule has 2 aliphatic rings. The highest BCUT2D eigenvalue weighted by Crippen LogP contribution is 2.30. The van der Waals surface area contributed by atoms with Gasteiger partial charge in [0, 0.05) is 18.5 Å². The molecule has 0 radical (unpaired) electrons. The van der Waals surface area contributed by atoms with Gasteiger partial charge < -0.3 is 24.4 Å². The third-order valence-corrected chi connectivity index (χ3v) is 5.26. The van der Waals surface area contributed by atoms with Crippen molar-refractivity contribution in [3.63, 3.8) is 0 Å². The number of benzene rings is 1. The van der Waals surface area contributed by atoms with Crippen molar-refractivity contribution in [3.8, 4) is 11.5 Å². The number of hydrogen-bond acceptors (Lipinski definition) is 8. The van der Waals surface area contributed by atoms with Gasteiger partial charge in [0.15, 0.2) is 22.7 Å². The van der Waals surface area contributed by atoms with Crippen LogP contribution in [0.1, 0.15) is 10.5 Å². The first-order valence-corrected chi connectivity index (χ1v) is 10.1. The fourth-order valence-electron chi connectivity index (χ4n) is 2.86. The maximum absolute atomic E-state index is 12.2. The van der Waals surface area contributed by atoms with Gasteiger partial charge in [0.25, 0.3) is 5.91 Å². The minimum atomic E-state index is -0.551. The Morgan fingerprint density at radius 2 is 1.97 bits per heavy atom. The molecule has 3 heterocycles. The zero-order valence-corrected chi connectivity index (χ0v) is 16.4. The number of aromatic nitrogens is 1. The molecule has 29 heavy (non-hydrogen) atoms. The molecule has 1 atom stereocenters. The number of anilines is 1. The Morgan fingerprint density at radius 3 is 2.79 bits per heavy atom. The molecule has 1 fully saturated rings. The van der Waals surface area contributed by atoms with Gasteiger partial charge in [-0.2, -0.15) is 0 Å². The van der Waals surface area contributed by atoms with Gasteiger partial charge in [-0.25, -0.2) is 15.2 Å². The quantitative estimate of drug-likeness (QED) is 0.627. The number of nitrogens with zero attached hydrogens (tertiary/aromatic N) is 2. The second-order valence-corrected chi connectivity index (χ2v) is 7.24. The summed E-state index contributed by atoms with van der Waals surface area (Å²) < 4.78 is 16.7. The monoisotopic (exact) mass is 419 g/mol. The molecule has 2 aromatic rings. The van der Waals surface area contributed by atoms with E-state index in [0.29, 0.717) is 31.3 Å². The molecule has 3 amide bonds. The lowest BCUT2D eigenvalue weighted by Crippen LogP contribution is -2.50. The molecule has 1 aromatic heterocycles. The van der Waals surface area contributed by atoms with E-state index in [4.69, 9.17) is 14.2 Å². The number of carbonyl (C=O) groups excluding carboxylic acids is 2. The van der Waals surface area contributed by atoms with Crippen molar-refractivity contribution in [2.75, 3.05) is 44.4 Å². The van der Waals surface area contributed by atoms with Gasteiger partial charge in [-0.1, -0.05) is 12.1 Å². The summed E-state index contributed by atoms with van der Waals surface area (Å²) in [5, 5.41) is 5.06. The Bertz CT molecular complexity index is 870. The van der Waals surface area contributed by atoms with Crippen molar-refractivity contribution in [2.45, 2.75) is 6.10 Å². The topological polar surface area (TPSA) is 114 Å². The van der Waals surface area contributed by atoms with Crippen LogP contribution in [0.4, 0.5) is 9.93 Å². The first-order chi connectivity index (χ1) is 14.2. The van der Waals surface area contributed by atoms with E-state index in [0.717, 1.165) is 18.2 Å². The molecule has 4 rings (SSSR count). The number of morpholine rings is 1. The molecule has 0 saturated carbocycles. The normalized spacial score (nSPS) is 18.1. The summed E-state index contributed by atoms with van der Waals surface area (Å²) in [5.74, 6) is 0.834. The summed E-state index contributed by atoms with van der Waals surface area (Å²) in [6.45, 7) is 3.33. The van der Waals surface area contributed by atoms with Gasteiger partial charge in [0.05, 0.1) is 19.8 Å². The number of rotatable bonds is 4. The fourth-order valence-corrected chi connectivity index (χ4v) is 3.72. The van der Waals surface area contributed by atoms with Crippen LogP contribution in [0.5, 0.6) is 11.5 Å². The van der Waals surface area contributed by atoms with Crippen molar-refractivity contribution in [1.82, 2.24) is 21.2 Å². The average molecular weight is 419 g/mol. The Labute approximate surface area is 171 Å². The van der Waals surface area contributed by atoms with Gasteiger partial charge in [0.1, 0.15) is 12.3 Å². The first kappa shape index (κ1) is 19.3. The number of ether oxygens (including phenoxy) is 3. The molecular formula is C18H21N5O5S. The number of urea groups is 1. The Hall–Kier alpha value is -3.05. The second kappa shape index (κ2) is 8.97. The number of amides is 3. The van der Waals surface area contributed by atoms with Crippen LogP contribution < -0.4 is 30.5 Å². The van der Waals surface area contributed by atoms with E-state index in [-0.39, 0.29) is 18.3 Å². The predicted octanol–water partition coefficient (Wildman–Crippen LogP) is 0.764. The van der Waals surface area contributed by atoms with Gasteiger partial charge in [0.2, 0.25) is 0 Å². The first-order valence-electron chi connectivity index (χ1n) is 9.20. The summed E-state index contributed by atoms with van der Waals surface area (Å²) in [5.41, 5.74) is 4.91. The number of nitrogens with one attached hydrogen (secondary N) is 3. The van der Waals surface area contributed by atoms with Crippen LogP contribution >= 0.6 is 11.3 Å². The standard InChI is InChI=1S/C18H21N5O5S/c24-16(13-11-29-18(20-13)23-5-7-26-8-6-23)21-22-17(25)19-9-12-10-27-14-3-1-2-4-15(14)28-12/h1-4,11-12H,5-10H2,(H,21,24)(H2,19,22,25). The lowest BCUT2D eigenvalue weighted by atomic mass is 10.2. The van der Waals surface area contributed by atoms with Crippen LogP contribution in [0.25, 0.3) is 0 Å². The van der Waals surface area contributed by atoms with E-state index >= 15 is 0 Å². The van der Waals surface area contributed by atoms with Crippen molar-refractivity contribution < 1.29 is 23.8 Å². The Balaban J connectivity index is 1.20. The third kappa shape index (κ3) is 4.87. The summed E-state index contributed by atoms with van der Waals surface area (Å²) in [4.78, 5) is 30.5. The molecule has 0 aliphatic carbocycles. The number of hydrazine groups is 1. The SMILES string of the molecule is O=C(NCC1COc2ccccc2O1)NNC(=O)c1csc(N2CCOCC2)n1. The van der Waals surface area contributed by atoms with E-state index in [2.05, 4.69) is 26.1 Å². The third-order valence-electron chi connectivity index (χ3n) is 4.35. The molecule has 3 N–H and O–H groups in total. The lowest BCUT2D eigenvalue weighted by Gasteiger charge is -2.26. The van der Waals surface area contributed by atoms with Crippen LogP contribution in [0.2, 0.25) is 0 Å². The number of thiazole rings is 1. The highest BCUT2D eigenvalue weighted by atomic mass is 32.1. The maximum atomic E-state index is 12.2. The minimum Gasteiger partial charge on any atom is -0.486 e. The summed E-state index contributed by atoms with van der Waals surface area (Å²) in [7, 11) is 0. The largest absolute Gasteiger partial charge is 0.486 e. The maximum Gasteiger partial charge on any atom is 0.333 e. The molecule has 154 valence electrons. The summed E-state index contributed by atoms with van der Waals surface area (Å²) >= 11 is 1.38. The van der Waals surface area contributed by atoms with Crippen LogP contribution in [0, 0.1) is 0 Å². The van der Waals surface area contributed by atoms with Crippen LogP contribution in [-0.2, 0) is 4.74 Å². The number of carbonyl (C=O) groups is 2. The smallest absolute Gasteiger partial charge is 0.333 e. The van der Waals surface area contributed by atoms with E-state index in [9.17, 15) is 9.59 Å². The van der Waals surface area contributed by atoms with Crippen molar-refractivity contribution in [3.05, 3.63) is 35.3 Å². The zero-order valence-electron chi connectivity index (χ0n) is 15.6. The van der Waals surface area contributed by atoms with Crippen LogP contribution in [0.3, 0.4) is 0 Å². The lowest BCUT2D eigenvalue weighted by molar-refractivity contribution is 0.0900. The molecule has 2 aliphatic heterocycles. The molecular weight excluding hydrogens is 398 g/mol. The average Bonchev–Trinajstić information content (AvgIpc) is 3.27. The Kier molecular flexibility index (Phi) is 5.96. The van der Waals surface area contributed by atoms with Gasteiger partial charge in [-0.15, -0.1) is 11.3 Å². The van der Waals surface area contributed by atoms with Crippen LogP contribution in [-0.4, -0.2) is 62.5 Å². The molecule has 1 saturated heterocycles. The highest BCUT2D eigenvalue weighted by molar-refractivity contribution is 7.13. The molecule has 10 nitrogen and oxygen atoms in total. The highest BCUT2D eigenvalue weighted by Gasteiger charge is 2.21. The minimum absolute atomic E-state index is 0.230. The van der Waals surface area contributed by atoms with Gasteiger partial charge in [-0.3, -0.25) is 10.2 Å². The Morgan fingerprint density at radius 1 is 1.17 bits per heavy atom. The van der Waals surface area contributed by atoms with E-state index in [1.165, 1.54) is 11.3 Å². The van der Waals surface area contributed by atoms with E-state index < -0.39 is 11.9 Å². The molecule has 11 heteroatoms. The van der Waals surface area contributed by atoms with Crippen molar-refractivity contribution in [1.29, 1.82) is 0 Å². The van der Waals surface area contributed by atoms with Crippen LogP contribution in [0.15, 0.2) is 29.6 Å². The second-order valence-electron chi connectivity index (χ2n) is 6.40. The van der Waals surface area contributed by atoms with E-state index in [1.54, 1.807) is 11.4 Å². The molecule has 1 aromatic carbocycles. The summed E-state index contributed by atoms with van der Waals surface area (Å²) in [6, 6.07) is 6.79. The van der Waals surface area contributed by atoms with Crippen molar-refractivity contribution >= 4 is 28.4 Å². The van der Waals surface area contributed by atoms with Gasteiger partial charge >= 0.3 is 6.03 Å². The number of para-hydroxylation sites is 2. The predicted molar refractivity (Wildman–Crippen MR) is 105 cm³/mol. The fraction of sp³-hybridized carbons (Fsp3) is 0.389. The number of hydrogen-bond donors (Lipinski definition) is 3. The zero-order chi connectivity index (χ0) is 20.1. The van der Waals surface area contributed by atoms with E-state index in [1.807, 2.05) is 18.2 Å². The molecule has 1 unspecified atom stereocenters.